The minimum atomic E-state index is -0.858. The first kappa shape index (κ1) is 24.2. The lowest BCUT2D eigenvalue weighted by Gasteiger charge is -2.34. The number of hydrogen-bond donors (Lipinski definition) is 3. The Bertz CT molecular complexity index is 1150. The zero-order valence-corrected chi connectivity index (χ0v) is 19.1. The minimum Gasteiger partial charge on any atom is -0.481 e. The van der Waals surface area contributed by atoms with E-state index < -0.39 is 23.8 Å². The number of methoxy groups -OCH3 is 1. The number of hydrogen-bond acceptors (Lipinski definition) is 6. The molecule has 6 nitrogen and oxygen atoms in total. The van der Waals surface area contributed by atoms with Crippen LogP contribution in [0.5, 0.6) is 5.88 Å². The molecule has 34 heavy (non-hydrogen) atoms. The number of fused-ring (bicyclic) bond motifs is 1. The number of pyridine rings is 2. The van der Waals surface area contributed by atoms with E-state index in [4.69, 9.17) is 10.5 Å². The van der Waals surface area contributed by atoms with Crippen molar-refractivity contribution in [1.82, 2.24) is 15.3 Å². The fourth-order valence-corrected chi connectivity index (χ4v) is 4.62. The zero-order chi connectivity index (χ0) is 24.1. The van der Waals surface area contributed by atoms with Crippen LogP contribution < -0.4 is 15.8 Å². The molecule has 1 aliphatic rings. The van der Waals surface area contributed by atoms with Crippen molar-refractivity contribution in [3.05, 3.63) is 71.4 Å². The highest BCUT2D eigenvalue weighted by Gasteiger charge is 2.31. The Morgan fingerprint density at radius 3 is 2.74 bits per heavy atom. The Kier molecular flexibility index (Phi) is 7.82. The molecular formula is C26H30F2N4O2. The number of nitrogens with one attached hydrogen (secondary N) is 1. The molecule has 0 unspecified atom stereocenters. The van der Waals surface area contributed by atoms with Gasteiger partial charge in [-0.15, -0.1) is 0 Å². The maximum Gasteiger partial charge on any atom is 0.213 e. The van der Waals surface area contributed by atoms with Gasteiger partial charge in [0.15, 0.2) is 0 Å². The smallest absolute Gasteiger partial charge is 0.213 e. The van der Waals surface area contributed by atoms with E-state index in [-0.39, 0.29) is 11.5 Å². The van der Waals surface area contributed by atoms with Gasteiger partial charge in [-0.25, -0.2) is 13.8 Å². The molecule has 3 aromatic rings. The summed E-state index contributed by atoms with van der Waals surface area (Å²) < 4.78 is 32.2. The first-order valence-electron chi connectivity index (χ1n) is 11.5. The summed E-state index contributed by atoms with van der Waals surface area (Å²) in [6, 6.07) is 8.63. The average Bonchev–Trinajstić information content (AvgIpc) is 2.87. The topological polar surface area (TPSA) is 93.3 Å². The fraction of sp³-hybridized carbons (Fsp3) is 0.385. The van der Waals surface area contributed by atoms with Gasteiger partial charge in [0.05, 0.1) is 24.2 Å². The van der Waals surface area contributed by atoms with Gasteiger partial charge in [0, 0.05) is 42.0 Å². The lowest BCUT2D eigenvalue weighted by Crippen LogP contribution is -2.41. The van der Waals surface area contributed by atoms with Crippen molar-refractivity contribution in [2.75, 3.05) is 13.7 Å². The van der Waals surface area contributed by atoms with Gasteiger partial charge in [-0.05, 0) is 61.9 Å². The largest absolute Gasteiger partial charge is 0.481 e. The first-order valence-corrected chi connectivity index (χ1v) is 11.5. The Morgan fingerprint density at radius 1 is 1.18 bits per heavy atom. The number of nitrogens with two attached hydrogens (primary N) is 1. The van der Waals surface area contributed by atoms with Crippen LogP contribution in [0.4, 0.5) is 8.78 Å². The third-order valence-corrected chi connectivity index (χ3v) is 6.58. The van der Waals surface area contributed by atoms with E-state index >= 15 is 0 Å². The summed E-state index contributed by atoms with van der Waals surface area (Å²) >= 11 is 0. The summed E-state index contributed by atoms with van der Waals surface area (Å²) in [6.45, 7) is 0.566. The predicted octanol–water partition coefficient (Wildman–Crippen LogP) is 4.14. The zero-order valence-electron chi connectivity index (χ0n) is 19.1. The summed E-state index contributed by atoms with van der Waals surface area (Å²) in [5.41, 5.74) is 8.69. The van der Waals surface area contributed by atoms with Crippen LogP contribution >= 0.6 is 0 Å². The van der Waals surface area contributed by atoms with Crippen molar-refractivity contribution in [3.63, 3.8) is 0 Å². The molecular weight excluding hydrogens is 438 g/mol. The number of benzene rings is 1. The number of aliphatic hydroxyl groups excluding tert-OH is 1. The van der Waals surface area contributed by atoms with Crippen molar-refractivity contribution in [2.45, 2.75) is 43.9 Å². The van der Waals surface area contributed by atoms with Crippen molar-refractivity contribution < 1.29 is 18.6 Å². The third kappa shape index (κ3) is 5.58. The quantitative estimate of drug-likeness (QED) is 0.460. The summed E-state index contributed by atoms with van der Waals surface area (Å²) in [7, 11) is 1.55. The second-order valence-electron chi connectivity index (χ2n) is 8.73. The maximum atomic E-state index is 13.7. The van der Waals surface area contributed by atoms with Crippen LogP contribution in [0.1, 0.15) is 42.9 Å². The van der Waals surface area contributed by atoms with Crippen LogP contribution in [0.15, 0.2) is 48.7 Å². The van der Waals surface area contributed by atoms with Crippen molar-refractivity contribution >= 4 is 17.1 Å². The Hall–Kier alpha value is -2.94. The van der Waals surface area contributed by atoms with Gasteiger partial charge in [0.25, 0.3) is 0 Å². The molecule has 0 radical (unpaired) electrons. The van der Waals surface area contributed by atoms with Crippen molar-refractivity contribution in [2.24, 2.45) is 11.7 Å². The monoisotopic (exact) mass is 468 g/mol. The molecule has 0 saturated heterocycles. The van der Waals surface area contributed by atoms with Crippen LogP contribution in [-0.4, -0.2) is 40.8 Å². The number of nitrogens with zero attached hydrogens (tertiary/aromatic N) is 2. The van der Waals surface area contributed by atoms with Crippen LogP contribution in [-0.2, 0) is 0 Å². The highest BCUT2D eigenvalue weighted by atomic mass is 19.1. The lowest BCUT2D eigenvalue weighted by atomic mass is 9.79. The standard InChI is InChI=1S/C26H30F2N4O2/c1-34-23-11-10-22-25(32-23)20(12-14-31-22)26(33)24(29)16-4-7-19(8-5-16)30-13-2-3-17-15-18(27)6-9-21(17)28/h2-3,6,9-12,14-16,19,24,26,30,33H,4-5,7-8,13,29H2,1H3/b3-2+/t16-,19-,24-,26-/m1/s1. The van der Waals surface area contributed by atoms with Crippen LogP contribution in [0.3, 0.4) is 0 Å². The molecule has 4 rings (SSSR count). The molecule has 2 aromatic heterocycles. The molecule has 8 heteroatoms. The van der Waals surface area contributed by atoms with E-state index in [1.54, 1.807) is 37.6 Å². The second-order valence-corrected chi connectivity index (χ2v) is 8.73. The fourth-order valence-electron chi connectivity index (χ4n) is 4.62. The van der Waals surface area contributed by atoms with E-state index in [1.807, 2.05) is 6.07 Å². The van der Waals surface area contributed by atoms with Gasteiger partial charge in [0.1, 0.15) is 11.6 Å². The highest BCUT2D eigenvalue weighted by molar-refractivity contribution is 5.78. The van der Waals surface area contributed by atoms with E-state index in [9.17, 15) is 13.9 Å². The molecule has 4 N–H and O–H groups in total. The predicted molar refractivity (Wildman–Crippen MR) is 128 cm³/mol. The van der Waals surface area contributed by atoms with Crippen molar-refractivity contribution in [3.8, 4) is 5.88 Å². The van der Waals surface area contributed by atoms with E-state index in [1.165, 1.54) is 6.07 Å². The van der Waals surface area contributed by atoms with E-state index in [0.717, 1.165) is 37.8 Å². The molecule has 180 valence electrons. The number of aliphatic hydroxyl groups is 1. The molecule has 1 saturated carbocycles. The summed E-state index contributed by atoms with van der Waals surface area (Å²) in [5.74, 6) is -0.260. The van der Waals surface area contributed by atoms with Gasteiger partial charge in [0.2, 0.25) is 5.88 Å². The number of aromatic nitrogens is 2. The van der Waals surface area contributed by atoms with Crippen molar-refractivity contribution in [1.29, 1.82) is 0 Å². The molecule has 2 atom stereocenters. The molecule has 2 heterocycles. The molecule has 0 amide bonds. The van der Waals surface area contributed by atoms with E-state index in [0.29, 0.717) is 35.1 Å². The van der Waals surface area contributed by atoms with Gasteiger partial charge >= 0.3 is 0 Å². The van der Waals surface area contributed by atoms with Crippen LogP contribution in [0.2, 0.25) is 0 Å². The molecule has 0 bridgehead atoms. The number of ether oxygens (including phenoxy) is 1. The summed E-state index contributed by atoms with van der Waals surface area (Å²) in [5, 5.41) is 14.5. The SMILES string of the molecule is COc1ccc2nccc([C@@H](O)[C@H](N)[C@H]3CC[C@H](NC/C=C/c4cc(F)ccc4F)CC3)c2n1. The van der Waals surface area contributed by atoms with Gasteiger partial charge in [-0.3, -0.25) is 4.98 Å². The Balaban J connectivity index is 1.31. The highest BCUT2D eigenvalue weighted by Crippen LogP contribution is 2.33. The van der Waals surface area contributed by atoms with Gasteiger partial charge in [-0.1, -0.05) is 12.2 Å². The summed E-state index contributed by atoms with van der Waals surface area (Å²) in [4.78, 5) is 8.79. The number of halogens is 2. The van der Waals surface area contributed by atoms with Gasteiger partial charge < -0.3 is 20.9 Å². The minimum absolute atomic E-state index is 0.179. The Morgan fingerprint density at radius 2 is 1.97 bits per heavy atom. The molecule has 0 aliphatic heterocycles. The van der Waals surface area contributed by atoms with E-state index in [2.05, 4.69) is 15.3 Å². The molecule has 1 fully saturated rings. The molecule has 0 spiro atoms. The number of rotatable bonds is 8. The van der Waals surface area contributed by atoms with Gasteiger partial charge in [-0.2, -0.15) is 0 Å². The normalized spacial score (nSPS) is 20.5. The Labute approximate surface area is 197 Å². The molecule has 1 aliphatic carbocycles. The lowest BCUT2D eigenvalue weighted by molar-refractivity contribution is 0.101. The van der Waals surface area contributed by atoms with Crippen LogP contribution in [0, 0.1) is 17.6 Å². The second kappa shape index (κ2) is 11.0. The third-order valence-electron chi connectivity index (χ3n) is 6.58. The molecule has 1 aromatic carbocycles. The first-order chi connectivity index (χ1) is 16.5. The maximum absolute atomic E-state index is 13.7. The summed E-state index contributed by atoms with van der Waals surface area (Å²) in [6.07, 6.45) is 7.82. The average molecular weight is 469 g/mol. The van der Waals surface area contributed by atoms with Crippen LogP contribution in [0.25, 0.3) is 17.1 Å².